The number of para-hydroxylation sites is 1. The van der Waals surface area contributed by atoms with Gasteiger partial charge in [0.25, 0.3) is 5.91 Å². The molecule has 4 N–H and O–H groups in total. The number of carbonyl (C=O) groups excluding carboxylic acids is 4. The number of piperazine rings is 1. The van der Waals surface area contributed by atoms with Crippen LogP contribution in [0.15, 0.2) is 85.1 Å². The van der Waals surface area contributed by atoms with Crippen LogP contribution < -0.4 is 26.0 Å². The Morgan fingerprint density at radius 2 is 1.50 bits per heavy atom. The molecule has 2 unspecified atom stereocenters. The third kappa shape index (κ3) is 11.6. The fourth-order valence-corrected chi connectivity index (χ4v) is 12.1. The van der Waals surface area contributed by atoms with Crippen LogP contribution in [0.25, 0.3) is 11.3 Å². The van der Waals surface area contributed by atoms with Gasteiger partial charge in [-0.3, -0.25) is 24.1 Å². The molecular formula is C56H75N11O5. The highest BCUT2D eigenvalue weighted by atomic mass is 16.5. The number of nitrogens with zero attached hydrogens (tertiary/aromatic N) is 8. The smallest absolute Gasteiger partial charge is 0.255 e. The van der Waals surface area contributed by atoms with E-state index in [1.165, 1.54) is 65.5 Å². The molecule has 16 heteroatoms. The van der Waals surface area contributed by atoms with Crippen molar-refractivity contribution in [2.45, 2.75) is 82.5 Å². The van der Waals surface area contributed by atoms with Gasteiger partial charge in [0.1, 0.15) is 29.1 Å². The number of benzene rings is 3. The first kappa shape index (κ1) is 50.9. The largest absolute Gasteiger partial charge is 0.457 e. The summed E-state index contributed by atoms with van der Waals surface area (Å²) in [5.74, 6) is 3.71. The molecule has 1 aromatic heterocycles. The van der Waals surface area contributed by atoms with Gasteiger partial charge in [0.05, 0.1) is 11.6 Å². The molecule has 7 aliphatic heterocycles. The molecule has 3 amide bonds. The van der Waals surface area contributed by atoms with Crippen LogP contribution in [0.3, 0.4) is 0 Å². The first-order valence-electron chi connectivity index (χ1n) is 26.5. The van der Waals surface area contributed by atoms with Gasteiger partial charge in [-0.1, -0.05) is 24.8 Å². The number of fused-ring (bicyclic) bond motifs is 2. The maximum absolute atomic E-state index is 13.0. The van der Waals surface area contributed by atoms with Crippen molar-refractivity contribution >= 4 is 36.0 Å². The van der Waals surface area contributed by atoms with Crippen LogP contribution in [-0.4, -0.2) is 164 Å². The topological polar surface area (TPSA) is 165 Å². The van der Waals surface area contributed by atoms with Crippen molar-refractivity contribution < 1.29 is 23.9 Å². The third-order valence-corrected chi connectivity index (χ3v) is 16.2. The normalized spacial score (nSPS) is 22.7. The van der Waals surface area contributed by atoms with Crippen LogP contribution in [0.2, 0.25) is 0 Å². The molecular weight excluding hydrogens is 907 g/mol. The van der Waals surface area contributed by atoms with Crippen LogP contribution in [0, 0.1) is 11.8 Å². The molecule has 5 fully saturated rings. The summed E-state index contributed by atoms with van der Waals surface area (Å²) in [4.78, 5) is 62.2. The summed E-state index contributed by atoms with van der Waals surface area (Å²) in [6, 6.07) is 24.2. The third-order valence-electron chi connectivity index (χ3n) is 16.2. The molecule has 0 bridgehead atoms. The van der Waals surface area contributed by atoms with Crippen LogP contribution in [0.4, 0.5) is 11.5 Å². The van der Waals surface area contributed by atoms with E-state index in [1.807, 2.05) is 71.6 Å². The molecule has 4 aromatic rings. The minimum Gasteiger partial charge on any atom is -0.457 e. The van der Waals surface area contributed by atoms with E-state index in [0.717, 1.165) is 129 Å². The number of piperidine rings is 4. The lowest BCUT2D eigenvalue weighted by atomic mass is 9.86. The highest BCUT2D eigenvalue weighted by Crippen LogP contribution is 2.40. The number of allylic oxidation sites excluding steroid dienone is 1. The van der Waals surface area contributed by atoms with Crippen LogP contribution >= 0.6 is 0 Å². The van der Waals surface area contributed by atoms with Gasteiger partial charge in [0, 0.05) is 87.5 Å². The fourth-order valence-electron chi connectivity index (χ4n) is 12.1. The average molecular weight is 982 g/mol. The van der Waals surface area contributed by atoms with Crippen LogP contribution in [0.1, 0.15) is 90.1 Å². The van der Waals surface area contributed by atoms with E-state index >= 15 is 0 Å². The van der Waals surface area contributed by atoms with Gasteiger partial charge in [-0.25, -0.2) is 4.68 Å². The number of rotatable bonds is 11. The second-order valence-electron chi connectivity index (χ2n) is 20.6. The highest BCUT2D eigenvalue weighted by molar-refractivity contribution is 6.02. The molecule has 0 saturated carbocycles. The lowest BCUT2D eigenvalue weighted by Gasteiger charge is -2.42. The maximum Gasteiger partial charge on any atom is 0.255 e. The Morgan fingerprint density at radius 3 is 2.18 bits per heavy atom. The van der Waals surface area contributed by atoms with E-state index in [1.54, 1.807) is 4.90 Å². The van der Waals surface area contributed by atoms with Gasteiger partial charge >= 0.3 is 0 Å². The lowest BCUT2D eigenvalue weighted by Crippen LogP contribution is -2.52. The number of ether oxygens (including phenoxy) is 1. The second kappa shape index (κ2) is 23.6. The van der Waals surface area contributed by atoms with Gasteiger partial charge in [0.15, 0.2) is 6.29 Å². The zero-order valence-electron chi connectivity index (χ0n) is 42.4. The minimum atomic E-state index is -0.417. The molecule has 0 aliphatic carbocycles. The minimum absolute atomic E-state index is 0.0487. The average Bonchev–Trinajstić information content (AvgIpc) is 3.97. The number of aromatic nitrogens is 2. The van der Waals surface area contributed by atoms with Crippen molar-refractivity contribution in [3.8, 4) is 22.8 Å². The number of nitrogens with one attached hydrogen (secondary N) is 2. The predicted octanol–water partition coefficient (Wildman–Crippen LogP) is 6.32. The Kier molecular flexibility index (Phi) is 16.7. The first-order valence-corrected chi connectivity index (χ1v) is 26.5. The monoisotopic (exact) mass is 982 g/mol. The van der Waals surface area contributed by atoms with Crippen molar-refractivity contribution in [2.75, 3.05) is 103 Å². The number of anilines is 2. The number of amides is 3. The molecule has 5 saturated heterocycles. The molecule has 11 rings (SSSR count). The molecule has 384 valence electrons. The molecule has 2 atom stereocenters. The molecule has 3 aromatic carbocycles. The van der Waals surface area contributed by atoms with E-state index in [9.17, 15) is 19.2 Å². The first-order chi connectivity index (χ1) is 35.2. The van der Waals surface area contributed by atoms with Crippen LogP contribution in [0.5, 0.6) is 11.5 Å². The summed E-state index contributed by atoms with van der Waals surface area (Å²) >= 11 is 0. The van der Waals surface area contributed by atoms with Gasteiger partial charge < -0.3 is 45.6 Å². The van der Waals surface area contributed by atoms with E-state index in [0.29, 0.717) is 48.5 Å². The maximum atomic E-state index is 13.0. The van der Waals surface area contributed by atoms with Crippen LogP contribution in [-0.2, 0) is 16.1 Å². The number of carbonyl (C=O) groups is 4. The van der Waals surface area contributed by atoms with E-state index in [4.69, 9.17) is 9.84 Å². The van der Waals surface area contributed by atoms with Crippen molar-refractivity contribution in [1.29, 1.82) is 0 Å². The van der Waals surface area contributed by atoms with Gasteiger partial charge in [-0.2, -0.15) is 5.10 Å². The molecule has 72 heavy (non-hydrogen) atoms. The summed E-state index contributed by atoms with van der Waals surface area (Å²) in [7, 11) is 3.74. The predicted molar refractivity (Wildman–Crippen MR) is 282 cm³/mol. The Morgan fingerprint density at radius 1 is 0.792 bits per heavy atom. The molecule has 0 radical (unpaired) electrons. The lowest BCUT2D eigenvalue weighted by molar-refractivity contribution is -0.126. The van der Waals surface area contributed by atoms with E-state index in [2.05, 4.69) is 60.3 Å². The fraction of sp³-hybridized carbons (Fsp3) is 0.518. The standard InChI is InChI=1S/C31H39N5O2.C24H31N5O3.CH5N/c1-34-17-12-23(13-18-34)21-35-19-14-24(15-20-35)29-11-16-32-31-28(22-37)30(33-36(29)31)25-7-9-27(10-8-25)38-26-5-3-2-4-6-26;1-17-2-5-22(23(31)25-17)29-15-18-14-20(3-4-21(18)24(29)32)27-8-6-19(7-9-27)28-12-10-26(16-30)11-13-28;1-2/h2-10,22-24,29,32H,11-21H2,1H3;3-4,14,16,19,22H,1-2,5-13,15H2,(H,25,31);2H2,1H3. The van der Waals surface area contributed by atoms with Crippen molar-refractivity contribution in [2.24, 2.45) is 17.6 Å². The Hall–Kier alpha value is -6.07. The summed E-state index contributed by atoms with van der Waals surface area (Å²) in [6.45, 7) is 16.8. The zero-order valence-corrected chi connectivity index (χ0v) is 42.4. The number of likely N-dealkylation sites (tertiary alicyclic amines) is 2. The quantitative estimate of drug-likeness (QED) is 0.144. The number of nitrogens with two attached hydrogens (primary N) is 1. The Bertz CT molecular complexity index is 2490. The second-order valence-corrected chi connectivity index (χ2v) is 20.6. The zero-order chi connectivity index (χ0) is 50.1. The molecule has 16 nitrogen and oxygen atoms in total. The van der Waals surface area contributed by atoms with E-state index < -0.39 is 6.04 Å². The summed E-state index contributed by atoms with van der Waals surface area (Å²) in [6.07, 6.45) is 11.6. The van der Waals surface area contributed by atoms with Crippen molar-refractivity contribution in [3.05, 3.63) is 102 Å². The van der Waals surface area contributed by atoms with Crippen molar-refractivity contribution in [3.63, 3.8) is 0 Å². The summed E-state index contributed by atoms with van der Waals surface area (Å²) in [5, 5.41) is 11.3. The van der Waals surface area contributed by atoms with Crippen molar-refractivity contribution in [1.82, 2.24) is 39.6 Å². The summed E-state index contributed by atoms with van der Waals surface area (Å²) < 4.78 is 8.08. The molecule has 8 heterocycles. The summed E-state index contributed by atoms with van der Waals surface area (Å²) in [5.41, 5.74) is 10.5. The molecule has 7 aliphatic rings. The number of hydrogen-bond acceptors (Lipinski definition) is 12. The Labute approximate surface area is 425 Å². The van der Waals surface area contributed by atoms with Gasteiger partial charge in [-0.05, 0) is 170 Å². The Balaban J connectivity index is 0.000000174. The highest BCUT2D eigenvalue weighted by Gasteiger charge is 2.39. The van der Waals surface area contributed by atoms with E-state index in [-0.39, 0.29) is 11.8 Å². The number of hydrogen-bond donors (Lipinski definition) is 3. The molecule has 0 spiro atoms. The SMILES string of the molecule is C=C1CCC(N2Cc3cc(N4CCC(N5CCN(C=O)CC5)CC4)ccc3C2=O)C(=O)N1.CN.CN1CCC(CN2CCC(C3CCNc4c(C=O)c(-c5ccc(Oc6ccccc6)cc5)nn43)CC2)CC1. The van der Waals surface area contributed by atoms with Gasteiger partial charge in [0.2, 0.25) is 12.3 Å². The van der Waals surface area contributed by atoms with Gasteiger partial charge in [-0.15, -0.1) is 0 Å². The number of aldehydes is 1.